The average Bonchev–Trinajstić information content (AvgIpc) is 2.49. The zero-order valence-corrected chi connectivity index (χ0v) is 15.7. The smallest absolute Gasteiger partial charge is 0.255 e. The molecule has 0 aliphatic carbocycles. The van der Waals surface area contributed by atoms with Gasteiger partial charge >= 0.3 is 0 Å². The Hall–Kier alpha value is -1.35. The molecule has 0 unspecified atom stereocenters. The topological polar surface area (TPSA) is 106 Å². The number of primary amides is 1. The summed E-state index contributed by atoms with van der Waals surface area (Å²) in [5, 5.41) is 15.6. The number of carbonyl (C=O) groups is 1. The minimum absolute atomic E-state index is 0.203. The number of carbonyl (C=O) groups excluding carboxylic acids is 1. The van der Waals surface area contributed by atoms with Crippen LogP contribution >= 0.6 is 15.9 Å². The number of ether oxygens (including phenoxy) is 2. The van der Waals surface area contributed by atoms with Crippen LogP contribution in [0.3, 0.4) is 0 Å². The fraction of sp³-hybridized carbons (Fsp3) is 0.562. The van der Waals surface area contributed by atoms with E-state index in [2.05, 4.69) is 26.6 Å². The molecular formula is C16H26BrN3O4. The van der Waals surface area contributed by atoms with E-state index in [9.17, 15) is 4.79 Å². The Kier molecular flexibility index (Phi) is 9.70. The summed E-state index contributed by atoms with van der Waals surface area (Å²) >= 11 is 3.44. The number of benzene rings is 1. The molecule has 1 aromatic carbocycles. The van der Waals surface area contributed by atoms with Crippen molar-refractivity contribution in [3.8, 4) is 11.5 Å². The molecule has 8 heteroatoms. The van der Waals surface area contributed by atoms with Crippen molar-refractivity contribution in [2.24, 2.45) is 5.73 Å². The molecule has 24 heavy (non-hydrogen) atoms. The van der Waals surface area contributed by atoms with Gasteiger partial charge in [-0.2, -0.15) is 0 Å². The molecule has 1 atom stereocenters. The van der Waals surface area contributed by atoms with E-state index in [4.69, 9.17) is 20.3 Å². The summed E-state index contributed by atoms with van der Waals surface area (Å²) in [6.07, 6.45) is -0.345. The van der Waals surface area contributed by atoms with Crippen molar-refractivity contribution in [3.63, 3.8) is 0 Å². The summed E-state index contributed by atoms with van der Waals surface area (Å²) in [5.74, 6) is 0.495. The number of hydrogen-bond acceptors (Lipinski definition) is 6. The monoisotopic (exact) mass is 403 g/mol. The Bertz CT molecular complexity index is 526. The van der Waals surface area contributed by atoms with Crippen LogP contribution in [0.1, 0.15) is 19.4 Å². The summed E-state index contributed by atoms with van der Waals surface area (Å²) in [4.78, 5) is 10.9. The lowest BCUT2D eigenvalue weighted by molar-refractivity contribution is -0.119. The van der Waals surface area contributed by atoms with Gasteiger partial charge in [0, 0.05) is 26.2 Å². The molecule has 0 bridgehead atoms. The van der Waals surface area contributed by atoms with Gasteiger partial charge in [0.05, 0.1) is 17.2 Å². The van der Waals surface area contributed by atoms with E-state index < -0.39 is 5.91 Å². The maximum absolute atomic E-state index is 10.9. The number of aliphatic hydroxyl groups excluding tert-OH is 1. The third-order valence-corrected chi connectivity index (χ3v) is 3.56. The predicted octanol–water partition coefficient (Wildman–Crippen LogP) is 0.772. The van der Waals surface area contributed by atoms with Crippen LogP contribution in [-0.4, -0.2) is 50.0 Å². The molecule has 0 aliphatic rings. The van der Waals surface area contributed by atoms with Crippen molar-refractivity contribution in [1.29, 1.82) is 0 Å². The largest absolute Gasteiger partial charge is 0.490 e. The zero-order chi connectivity index (χ0) is 17.9. The summed E-state index contributed by atoms with van der Waals surface area (Å²) in [7, 11) is 0. The molecule has 0 aromatic heterocycles. The number of nitrogens with two attached hydrogens (primary N) is 1. The predicted molar refractivity (Wildman–Crippen MR) is 96.3 cm³/mol. The number of halogens is 1. The number of rotatable bonds is 12. The van der Waals surface area contributed by atoms with E-state index >= 15 is 0 Å². The van der Waals surface area contributed by atoms with Crippen LogP contribution in [0, 0.1) is 0 Å². The Morgan fingerprint density at radius 2 is 2.04 bits per heavy atom. The van der Waals surface area contributed by atoms with Gasteiger partial charge in [-0.3, -0.25) is 4.79 Å². The molecule has 0 radical (unpaired) electrons. The molecule has 0 aliphatic heterocycles. The van der Waals surface area contributed by atoms with Gasteiger partial charge in [0.15, 0.2) is 18.1 Å². The van der Waals surface area contributed by atoms with Crippen molar-refractivity contribution >= 4 is 21.8 Å². The van der Waals surface area contributed by atoms with Gasteiger partial charge in [-0.05, 0) is 47.5 Å². The van der Waals surface area contributed by atoms with Crippen LogP contribution in [0.4, 0.5) is 0 Å². The van der Waals surface area contributed by atoms with Crippen molar-refractivity contribution < 1.29 is 19.4 Å². The Balaban J connectivity index is 2.60. The first-order chi connectivity index (χ1) is 11.4. The van der Waals surface area contributed by atoms with Crippen LogP contribution in [0.2, 0.25) is 0 Å². The molecule has 7 nitrogen and oxygen atoms in total. The second kappa shape index (κ2) is 11.2. The van der Waals surface area contributed by atoms with E-state index in [0.717, 1.165) is 18.7 Å². The molecule has 5 N–H and O–H groups in total. The molecule has 0 heterocycles. The van der Waals surface area contributed by atoms with Crippen LogP contribution in [0.25, 0.3) is 0 Å². The van der Waals surface area contributed by atoms with E-state index in [-0.39, 0.29) is 12.7 Å². The lowest BCUT2D eigenvalue weighted by atomic mass is 10.2. The maximum atomic E-state index is 10.9. The minimum atomic E-state index is -0.542. The van der Waals surface area contributed by atoms with Crippen molar-refractivity contribution in [2.75, 3.05) is 32.8 Å². The Morgan fingerprint density at radius 1 is 1.33 bits per heavy atom. The highest BCUT2D eigenvalue weighted by Gasteiger charge is 2.13. The molecule has 136 valence electrons. The highest BCUT2D eigenvalue weighted by atomic mass is 79.9. The van der Waals surface area contributed by atoms with Crippen LogP contribution < -0.4 is 25.8 Å². The van der Waals surface area contributed by atoms with Gasteiger partial charge in [-0.15, -0.1) is 0 Å². The van der Waals surface area contributed by atoms with E-state index in [1.165, 1.54) is 0 Å². The average molecular weight is 404 g/mol. The molecule has 1 aromatic rings. The maximum Gasteiger partial charge on any atom is 0.255 e. The minimum Gasteiger partial charge on any atom is -0.490 e. The fourth-order valence-corrected chi connectivity index (χ4v) is 2.59. The van der Waals surface area contributed by atoms with Gasteiger partial charge in [-0.1, -0.05) is 0 Å². The Labute approximate surface area is 151 Å². The highest BCUT2D eigenvalue weighted by Crippen LogP contribution is 2.36. The second-order valence-electron chi connectivity index (χ2n) is 5.32. The standard InChI is InChI=1S/C16H26BrN3O4/c1-3-23-14-7-12(9-20-5-4-19-8-11(2)21)6-13(17)16(14)24-10-15(18)22/h6-7,11,19-21H,3-5,8-10H2,1-2H3,(H2,18,22)/t11-/m0/s1. The molecule has 1 rings (SSSR count). The van der Waals surface area contributed by atoms with E-state index in [1.807, 2.05) is 19.1 Å². The third kappa shape index (κ3) is 7.96. The van der Waals surface area contributed by atoms with Crippen molar-refractivity contribution in [3.05, 3.63) is 22.2 Å². The van der Waals surface area contributed by atoms with Gasteiger partial charge in [0.2, 0.25) is 0 Å². The summed E-state index contributed by atoms with van der Waals surface area (Å²) < 4.78 is 11.7. The van der Waals surface area contributed by atoms with Crippen molar-refractivity contribution in [1.82, 2.24) is 10.6 Å². The van der Waals surface area contributed by atoms with E-state index in [0.29, 0.717) is 35.7 Å². The number of amides is 1. The second-order valence-corrected chi connectivity index (χ2v) is 6.18. The van der Waals surface area contributed by atoms with Gasteiger partial charge in [0.25, 0.3) is 5.91 Å². The Morgan fingerprint density at radius 3 is 2.67 bits per heavy atom. The fourth-order valence-electron chi connectivity index (χ4n) is 1.99. The van der Waals surface area contributed by atoms with E-state index in [1.54, 1.807) is 6.92 Å². The molecular weight excluding hydrogens is 378 g/mol. The highest BCUT2D eigenvalue weighted by molar-refractivity contribution is 9.10. The first-order valence-corrected chi connectivity index (χ1v) is 8.69. The van der Waals surface area contributed by atoms with Crippen LogP contribution in [0.5, 0.6) is 11.5 Å². The quantitative estimate of drug-likeness (QED) is 0.384. The summed E-state index contributed by atoms with van der Waals surface area (Å²) in [6.45, 7) is 6.68. The molecule has 0 saturated carbocycles. The number of nitrogens with one attached hydrogen (secondary N) is 2. The summed E-state index contributed by atoms with van der Waals surface area (Å²) in [6, 6.07) is 3.79. The first kappa shape index (κ1) is 20.7. The van der Waals surface area contributed by atoms with Gasteiger partial charge in [0.1, 0.15) is 0 Å². The molecule has 0 saturated heterocycles. The molecule has 0 spiro atoms. The molecule has 0 fully saturated rings. The lowest BCUT2D eigenvalue weighted by Crippen LogP contribution is -2.31. The SMILES string of the molecule is CCOc1cc(CNCCNC[C@H](C)O)cc(Br)c1OCC(N)=O. The van der Waals surface area contributed by atoms with Crippen LogP contribution in [0.15, 0.2) is 16.6 Å². The van der Waals surface area contributed by atoms with Crippen molar-refractivity contribution in [2.45, 2.75) is 26.5 Å². The third-order valence-electron chi connectivity index (χ3n) is 2.98. The van der Waals surface area contributed by atoms with Gasteiger partial charge in [-0.25, -0.2) is 0 Å². The first-order valence-electron chi connectivity index (χ1n) is 7.89. The van der Waals surface area contributed by atoms with Gasteiger partial charge < -0.3 is 30.9 Å². The lowest BCUT2D eigenvalue weighted by Gasteiger charge is -2.15. The summed E-state index contributed by atoms with van der Waals surface area (Å²) in [5.41, 5.74) is 6.14. The zero-order valence-electron chi connectivity index (χ0n) is 14.1. The number of aliphatic hydroxyl groups is 1. The number of hydrogen-bond donors (Lipinski definition) is 4. The molecule has 1 amide bonds. The normalized spacial score (nSPS) is 12.0. The van der Waals surface area contributed by atoms with Crippen LogP contribution in [-0.2, 0) is 11.3 Å².